The number of hydrogen-bond donors (Lipinski definition) is 11. The van der Waals surface area contributed by atoms with Crippen LogP contribution in [0.1, 0.15) is 107 Å². The zero-order valence-electron chi connectivity index (χ0n) is 39.9. The molecule has 0 radical (unpaired) electrons. The first-order valence-corrected chi connectivity index (χ1v) is 24.0. The maximum atomic E-state index is 12.6. The standard InChI is InChI=1S/C48H72O20/c1-19-26(50)27(51)32(56)39(63-19)67-36-31(55)29(53)34(38(59)60)66-41(36)68-35-30(54)28(52)33(37(57)58)65-40(35)64-25-12-13-45(5)22(43(25,2)3)11-14-48(8)23(45)10-9-20-21-17-46(6,42(61)62)24(49)18-44(21,4)15-16-47(20,48)7/h9-10,19,22-36,39-41,49-56H,11-18H2,1-8H3,(H,57,58)(H,59,60)(H,61,62)/t19-,22-,23+,24+,25-,26-,27+,28-,29-,30-,31-,32+,33-,34-,35+,36+,39-,40+,41-,44-,45-,46-,47+,48+/m0/s1. The maximum absolute atomic E-state index is 12.6. The molecule has 0 aromatic heterocycles. The number of fused-ring (bicyclic) bond motifs is 6. The van der Waals surface area contributed by atoms with Crippen LogP contribution in [-0.2, 0) is 42.8 Å². The van der Waals surface area contributed by atoms with E-state index >= 15 is 0 Å². The quantitative estimate of drug-likeness (QED) is 0.142. The number of aliphatic hydroxyl groups is 8. The summed E-state index contributed by atoms with van der Waals surface area (Å²) in [5, 5.41) is 118. The van der Waals surface area contributed by atoms with E-state index in [0.717, 1.165) is 31.3 Å². The molecule has 68 heavy (non-hydrogen) atoms. The molecule has 11 N–H and O–H groups in total. The van der Waals surface area contributed by atoms with Gasteiger partial charge in [0.2, 0.25) is 0 Å². The van der Waals surface area contributed by atoms with E-state index in [1.807, 2.05) is 0 Å². The average Bonchev–Trinajstić information content (AvgIpc) is 3.25. The molecular formula is C48H72O20. The lowest BCUT2D eigenvalue weighted by atomic mass is 9.35. The summed E-state index contributed by atoms with van der Waals surface area (Å²) >= 11 is 0. The van der Waals surface area contributed by atoms with Gasteiger partial charge in [0.1, 0.15) is 54.9 Å². The zero-order valence-corrected chi connectivity index (χ0v) is 39.9. The second kappa shape index (κ2) is 17.5. The lowest BCUT2D eigenvalue weighted by Gasteiger charge is -2.69. The topological polar surface area (TPSA) is 329 Å². The Kier molecular flexibility index (Phi) is 13.3. The Labute approximate surface area is 394 Å². The monoisotopic (exact) mass is 968 g/mol. The van der Waals surface area contributed by atoms with Crippen LogP contribution in [0.4, 0.5) is 0 Å². The molecule has 3 saturated heterocycles. The number of aliphatic carboxylic acids is 3. The molecule has 20 heteroatoms. The number of carboxylic acids is 3. The molecule has 5 aliphatic carbocycles. The Bertz CT molecular complexity index is 2040. The van der Waals surface area contributed by atoms with E-state index in [2.05, 4.69) is 53.7 Å². The molecule has 0 amide bonds. The van der Waals surface area contributed by atoms with Crippen LogP contribution in [0.3, 0.4) is 0 Å². The SMILES string of the molecule is C[C@@H]1O[C@@H](O[C@H]2[C@H](O[C@H]3[C@H](O[C@H]4CC[C@]5(C)[C@H]6C=CC7=C8C[C@](C)(C(=O)O)[C@H](O)C[C@]8(C)CC[C@@]7(C)[C@]6(C)CC[C@H]5C4(C)C)O[C@H](C(=O)O)[C@@H](O)[C@@H]3O)O[C@H](C(=O)O)[C@@H](O)[C@@H]2O)[C@H](O)[C@H](O)[C@H]1O. The Morgan fingerprint density at radius 3 is 1.75 bits per heavy atom. The molecule has 20 nitrogen and oxygen atoms in total. The van der Waals surface area contributed by atoms with Gasteiger partial charge in [0, 0.05) is 0 Å². The second-order valence-electron chi connectivity index (χ2n) is 23.1. The van der Waals surface area contributed by atoms with E-state index in [1.54, 1.807) is 6.92 Å². The van der Waals surface area contributed by atoms with Gasteiger partial charge < -0.3 is 84.6 Å². The van der Waals surface area contributed by atoms with Gasteiger partial charge in [-0.15, -0.1) is 0 Å². The molecule has 8 aliphatic rings. The third-order valence-electron chi connectivity index (χ3n) is 19.0. The molecule has 0 aromatic carbocycles. The van der Waals surface area contributed by atoms with E-state index in [9.17, 15) is 70.6 Å². The van der Waals surface area contributed by atoms with Crippen LogP contribution in [0.25, 0.3) is 0 Å². The third kappa shape index (κ3) is 7.74. The molecule has 0 bridgehead atoms. The van der Waals surface area contributed by atoms with Crippen LogP contribution in [0.15, 0.2) is 23.3 Å². The van der Waals surface area contributed by atoms with Crippen molar-refractivity contribution in [2.75, 3.05) is 0 Å². The number of allylic oxidation sites excluding steroid dienone is 4. The predicted molar refractivity (Wildman–Crippen MR) is 232 cm³/mol. The smallest absolute Gasteiger partial charge is 0.335 e. The van der Waals surface area contributed by atoms with E-state index in [1.165, 1.54) is 12.5 Å². The Balaban J connectivity index is 1.08. The highest BCUT2D eigenvalue weighted by molar-refractivity contribution is 5.76. The molecule has 3 heterocycles. The summed E-state index contributed by atoms with van der Waals surface area (Å²) in [6.45, 7) is 16.2. The lowest BCUT2D eigenvalue weighted by molar-refractivity contribution is -0.392. The van der Waals surface area contributed by atoms with Gasteiger partial charge >= 0.3 is 17.9 Å². The minimum Gasteiger partial charge on any atom is -0.481 e. The van der Waals surface area contributed by atoms with Crippen LogP contribution < -0.4 is 0 Å². The van der Waals surface area contributed by atoms with Crippen molar-refractivity contribution in [1.82, 2.24) is 0 Å². The van der Waals surface area contributed by atoms with Crippen molar-refractivity contribution in [3.63, 3.8) is 0 Å². The van der Waals surface area contributed by atoms with Crippen LogP contribution in [0.2, 0.25) is 0 Å². The summed E-state index contributed by atoms with van der Waals surface area (Å²) in [5.41, 5.74) is -0.862. The highest BCUT2D eigenvalue weighted by atomic mass is 16.8. The van der Waals surface area contributed by atoms with E-state index in [-0.39, 0.29) is 39.9 Å². The first-order chi connectivity index (χ1) is 31.5. The highest BCUT2D eigenvalue weighted by Crippen LogP contribution is 2.74. The van der Waals surface area contributed by atoms with Crippen LogP contribution in [0, 0.1) is 44.3 Å². The fraction of sp³-hybridized carbons (Fsp3) is 0.854. The summed E-state index contributed by atoms with van der Waals surface area (Å²) in [4.78, 5) is 37.3. The molecular weight excluding hydrogens is 897 g/mol. The molecule has 24 atom stereocenters. The number of hydrogen-bond acceptors (Lipinski definition) is 17. The Hall–Kier alpha value is -2.67. The molecule has 0 aromatic rings. The Morgan fingerprint density at radius 2 is 1.19 bits per heavy atom. The highest BCUT2D eigenvalue weighted by Gasteiger charge is 2.68. The van der Waals surface area contributed by atoms with Crippen molar-refractivity contribution in [1.29, 1.82) is 0 Å². The summed E-state index contributed by atoms with van der Waals surface area (Å²) < 4.78 is 35.7. The summed E-state index contributed by atoms with van der Waals surface area (Å²) in [5.74, 6) is -4.29. The summed E-state index contributed by atoms with van der Waals surface area (Å²) in [6.07, 6.45) is -20.7. The van der Waals surface area contributed by atoms with Gasteiger partial charge in [-0.25, -0.2) is 9.59 Å². The van der Waals surface area contributed by atoms with E-state index in [0.29, 0.717) is 19.3 Å². The maximum Gasteiger partial charge on any atom is 0.335 e. The number of ether oxygens (including phenoxy) is 6. The molecule has 8 rings (SSSR count). The minimum atomic E-state index is -2.15. The van der Waals surface area contributed by atoms with Crippen molar-refractivity contribution in [2.24, 2.45) is 44.3 Å². The van der Waals surface area contributed by atoms with Crippen molar-refractivity contribution in [3.8, 4) is 0 Å². The van der Waals surface area contributed by atoms with Gasteiger partial charge in [0.25, 0.3) is 0 Å². The van der Waals surface area contributed by atoms with Crippen LogP contribution >= 0.6 is 0 Å². The largest absolute Gasteiger partial charge is 0.481 e. The lowest BCUT2D eigenvalue weighted by Crippen LogP contribution is -2.68. The number of carboxylic acid groups (broad SMARTS) is 3. The second-order valence-corrected chi connectivity index (χ2v) is 23.1. The van der Waals surface area contributed by atoms with Gasteiger partial charge in [0.05, 0.1) is 23.7 Å². The fourth-order valence-corrected chi connectivity index (χ4v) is 14.4. The van der Waals surface area contributed by atoms with Gasteiger partial charge in [-0.3, -0.25) is 4.79 Å². The number of rotatable bonds is 9. The first kappa shape index (κ1) is 51.7. The third-order valence-corrected chi connectivity index (χ3v) is 19.0. The van der Waals surface area contributed by atoms with Crippen LogP contribution in [-0.4, -0.2) is 178 Å². The minimum absolute atomic E-state index is 0.00241. The Morgan fingerprint density at radius 1 is 0.632 bits per heavy atom. The van der Waals surface area contributed by atoms with Crippen molar-refractivity contribution >= 4 is 17.9 Å². The molecule has 3 aliphatic heterocycles. The van der Waals surface area contributed by atoms with Crippen LogP contribution in [0.5, 0.6) is 0 Å². The molecule has 3 saturated carbocycles. The average molecular weight is 969 g/mol. The zero-order chi connectivity index (χ0) is 50.2. The normalized spacial score (nSPS) is 53.3. The van der Waals surface area contributed by atoms with E-state index < -0.39 is 133 Å². The molecule has 384 valence electrons. The summed E-state index contributed by atoms with van der Waals surface area (Å²) in [7, 11) is 0. The summed E-state index contributed by atoms with van der Waals surface area (Å²) in [6, 6.07) is 0. The first-order valence-electron chi connectivity index (χ1n) is 24.0. The molecule has 0 unspecified atom stereocenters. The fourth-order valence-electron chi connectivity index (χ4n) is 14.4. The number of carbonyl (C=O) groups is 3. The van der Waals surface area contributed by atoms with E-state index in [4.69, 9.17) is 28.4 Å². The predicted octanol–water partition coefficient (Wildman–Crippen LogP) is 0.809. The molecule has 6 fully saturated rings. The van der Waals surface area contributed by atoms with Gasteiger partial charge in [-0.05, 0) is 110 Å². The van der Waals surface area contributed by atoms with Gasteiger partial charge in [0.15, 0.2) is 31.1 Å². The van der Waals surface area contributed by atoms with Gasteiger partial charge in [-0.2, -0.15) is 0 Å². The number of aliphatic hydroxyl groups excluding tert-OH is 8. The van der Waals surface area contributed by atoms with Crippen molar-refractivity contribution < 1.29 is 99.0 Å². The van der Waals surface area contributed by atoms with Crippen molar-refractivity contribution in [2.45, 2.75) is 211 Å². The molecule has 0 spiro atoms. The van der Waals surface area contributed by atoms with Crippen molar-refractivity contribution in [3.05, 3.63) is 23.3 Å². The van der Waals surface area contributed by atoms with Gasteiger partial charge in [-0.1, -0.05) is 59.3 Å².